The molecule has 2 heterocycles. The van der Waals surface area contributed by atoms with Crippen LogP contribution in [0.15, 0.2) is 6.20 Å². The van der Waals surface area contributed by atoms with E-state index in [1.807, 2.05) is 0 Å². The first-order valence-electron chi connectivity index (χ1n) is 5.18. The lowest BCUT2D eigenvalue weighted by Crippen LogP contribution is -2.27. The summed E-state index contributed by atoms with van der Waals surface area (Å²) in [7, 11) is 1.37. The Morgan fingerprint density at radius 2 is 2.38 bits per heavy atom. The summed E-state index contributed by atoms with van der Waals surface area (Å²) in [6.45, 7) is 1.57. The fourth-order valence-corrected chi connectivity index (χ4v) is 2.36. The van der Waals surface area contributed by atoms with E-state index in [4.69, 9.17) is 4.74 Å². The molecule has 1 aliphatic rings. The third kappa shape index (κ3) is 2.70. The van der Waals surface area contributed by atoms with Crippen molar-refractivity contribution in [3.8, 4) is 0 Å². The molecule has 0 unspecified atom stereocenters. The number of hydrogen-bond donors (Lipinski definition) is 1. The van der Waals surface area contributed by atoms with Crippen molar-refractivity contribution in [2.24, 2.45) is 0 Å². The highest BCUT2D eigenvalue weighted by Crippen LogP contribution is 2.21. The van der Waals surface area contributed by atoms with Crippen LogP contribution in [0.4, 0.5) is 5.13 Å². The minimum atomic E-state index is -0.336. The van der Waals surface area contributed by atoms with Crippen molar-refractivity contribution in [2.75, 3.05) is 25.6 Å². The normalized spacial score (nSPS) is 17.1. The molecule has 2 rings (SSSR count). The van der Waals surface area contributed by atoms with Crippen molar-refractivity contribution in [3.63, 3.8) is 0 Å². The molecule has 0 bridgehead atoms. The van der Waals surface area contributed by atoms with Gasteiger partial charge in [-0.2, -0.15) is 0 Å². The second-order valence-corrected chi connectivity index (χ2v) is 4.58. The Kier molecular flexibility index (Phi) is 3.74. The van der Waals surface area contributed by atoms with Crippen LogP contribution in [0.1, 0.15) is 22.5 Å². The monoisotopic (exact) mass is 242 g/mol. The molecule has 1 aliphatic heterocycles. The van der Waals surface area contributed by atoms with Gasteiger partial charge in [-0.15, -0.1) is 0 Å². The minimum absolute atomic E-state index is 0.336. The van der Waals surface area contributed by atoms with E-state index in [1.54, 1.807) is 0 Å². The number of anilines is 1. The number of nitrogens with one attached hydrogen (secondary N) is 1. The van der Waals surface area contributed by atoms with E-state index >= 15 is 0 Å². The smallest absolute Gasteiger partial charge is 0.349 e. The van der Waals surface area contributed by atoms with Crippen molar-refractivity contribution in [2.45, 2.75) is 18.9 Å². The predicted octanol–water partition coefficient (Wildman–Crippen LogP) is 1.52. The first kappa shape index (κ1) is 11.3. The number of hydrogen-bond acceptors (Lipinski definition) is 6. The summed E-state index contributed by atoms with van der Waals surface area (Å²) >= 11 is 1.32. The van der Waals surface area contributed by atoms with Gasteiger partial charge in [0.05, 0.1) is 13.3 Å². The van der Waals surface area contributed by atoms with Crippen molar-refractivity contribution < 1.29 is 14.3 Å². The van der Waals surface area contributed by atoms with Gasteiger partial charge in [0.25, 0.3) is 0 Å². The number of aromatic nitrogens is 1. The van der Waals surface area contributed by atoms with Crippen LogP contribution in [0.3, 0.4) is 0 Å². The summed E-state index contributed by atoms with van der Waals surface area (Å²) in [4.78, 5) is 15.9. The summed E-state index contributed by atoms with van der Waals surface area (Å²) in [5, 5.41) is 4.07. The summed E-state index contributed by atoms with van der Waals surface area (Å²) in [6, 6.07) is 0.394. The van der Waals surface area contributed by atoms with E-state index in [1.165, 1.54) is 24.6 Å². The first-order chi connectivity index (χ1) is 7.79. The van der Waals surface area contributed by atoms with E-state index in [-0.39, 0.29) is 5.97 Å². The fraction of sp³-hybridized carbons (Fsp3) is 0.600. The van der Waals surface area contributed by atoms with Crippen molar-refractivity contribution in [1.82, 2.24) is 4.98 Å². The Bertz CT molecular complexity index is 361. The SMILES string of the molecule is COC(=O)c1cnc(NC2CCOCC2)s1. The molecular formula is C10H14N2O3S. The fourth-order valence-electron chi connectivity index (χ4n) is 1.55. The zero-order valence-electron chi connectivity index (χ0n) is 9.06. The standard InChI is InChI=1S/C10H14N2O3S/c1-14-9(13)8-6-11-10(16-8)12-7-2-4-15-5-3-7/h6-7H,2-5H2,1H3,(H,11,12). The molecule has 0 amide bonds. The zero-order valence-corrected chi connectivity index (χ0v) is 9.88. The molecule has 0 radical (unpaired) electrons. The van der Waals surface area contributed by atoms with Crippen LogP contribution >= 0.6 is 11.3 Å². The summed E-state index contributed by atoms with van der Waals surface area (Å²) < 4.78 is 9.89. The zero-order chi connectivity index (χ0) is 11.4. The predicted molar refractivity (Wildman–Crippen MR) is 60.9 cm³/mol. The largest absolute Gasteiger partial charge is 0.465 e. The number of carbonyl (C=O) groups is 1. The number of ether oxygens (including phenoxy) is 2. The van der Waals surface area contributed by atoms with Gasteiger partial charge in [0, 0.05) is 19.3 Å². The Morgan fingerprint density at radius 3 is 3.06 bits per heavy atom. The third-order valence-electron chi connectivity index (χ3n) is 2.44. The maximum Gasteiger partial charge on any atom is 0.349 e. The molecule has 0 aromatic carbocycles. The van der Waals surface area contributed by atoms with Gasteiger partial charge in [-0.05, 0) is 12.8 Å². The van der Waals surface area contributed by atoms with Gasteiger partial charge in [0.2, 0.25) is 0 Å². The summed E-state index contributed by atoms with van der Waals surface area (Å²) in [6.07, 6.45) is 3.50. The van der Waals surface area contributed by atoms with Gasteiger partial charge in [-0.1, -0.05) is 11.3 Å². The van der Waals surface area contributed by atoms with Gasteiger partial charge >= 0.3 is 5.97 Å². The number of esters is 1. The highest BCUT2D eigenvalue weighted by Gasteiger charge is 2.16. The van der Waals surface area contributed by atoms with Crippen LogP contribution < -0.4 is 5.32 Å². The molecular weight excluding hydrogens is 228 g/mol. The number of carbonyl (C=O) groups excluding carboxylic acids is 1. The van der Waals surface area contributed by atoms with Gasteiger partial charge in [-0.3, -0.25) is 0 Å². The molecule has 0 aliphatic carbocycles. The Morgan fingerprint density at radius 1 is 1.62 bits per heavy atom. The average molecular weight is 242 g/mol. The summed E-state index contributed by atoms with van der Waals surface area (Å²) in [5.41, 5.74) is 0. The minimum Gasteiger partial charge on any atom is -0.465 e. The van der Waals surface area contributed by atoms with E-state index in [2.05, 4.69) is 15.0 Å². The highest BCUT2D eigenvalue weighted by molar-refractivity contribution is 7.17. The van der Waals surface area contributed by atoms with E-state index in [0.29, 0.717) is 10.9 Å². The molecule has 1 aromatic heterocycles. The topological polar surface area (TPSA) is 60.5 Å². The first-order valence-corrected chi connectivity index (χ1v) is 5.99. The molecule has 16 heavy (non-hydrogen) atoms. The van der Waals surface area contributed by atoms with Gasteiger partial charge in [0.1, 0.15) is 4.88 Å². The van der Waals surface area contributed by atoms with Gasteiger partial charge < -0.3 is 14.8 Å². The number of nitrogens with zero attached hydrogens (tertiary/aromatic N) is 1. The van der Waals surface area contributed by atoms with E-state index < -0.39 is 0 Å². The molecule has 1 N–H and O–H groups in total. The molecule has 5 nitrogen and oxygen atoms in total. The number of thiazole rings is 1. The number of rotatable bonds is 3. The quantitative estimate of drug-likeness (QED) is 0.814. The van der Waals surface area contributed by atoms with Crippen molar-refractivity contribution in [3.05, 3.63) is 11.1 Å². The van der Waals surface area contributed by atoms with Crippen LogP contribution in [0, 0.1) is 0 Å². The van der Waals surface area contributed by atoms with Crippen LogP contribution in [-0.4, -0.2) is 37.3 Å². The molecule has 1 saturated heterocycles. The van der Waals surface area contributed by atoms with E-state index in [0.717, 1.165) is 31.2 Å². The van der Waals surface area contributed by atoms with Crippen LogP contribution in [0.5, 0.6) is 0 Å². The van der Waals surface area contributed by atoms with Crippen LogP contribution in [0.2, 0.25) is 0 Å². The summed E-state index contributed by atoms with van der Waals surface area (Å²) in [5.74, 6) is -0.336. The molecule has 88 valence electrons. The maximum absolute atomic E-state index is 11.2. The van der Waals surface area contributed by atoms with E-state index in [9.17, 15) is 4.79 Å². The van der Waals surface area contributed by atoms with Gasteiger partial charge in [0.15, 0.2) is 5.13 Å². The maximum atomic E-state index is 11.2. The van der Waals surface area contributed by atoms with Crippen LogP contribution in [0.25, 0.3) is 0 Å². The lowest BCUT2D eigenvalue weighted by molar-refractivity contribution is 0.0606. The third-order valence-corrected chi connectivity index (χ3v) is 3.35. The van der Waals surface area contributed by atoms with Gasteiger partial charge in [-0.25, -0.2) is 9.78 Å². The lowest BCUT2D eigenvalue weighted by Gasteiger charge is -2.22. The average Bonchev–Trinajstić information content (AvgIpc) is 2.78. The molecule has 1 fully saturated rings. The van der Waals surface area contributed by atoms with Crippen molar-refractivity contribution in [1.29, 1.82) is 0 Å². The molecule has 0 spiro atoms. The Balaban J connectivity index is 1.94. The second kappa shape index (κ2) is 5.27. The Hall–Kier alpha value is -1.14. The molecule has 0 atom stereocenters. The number of methoxy groups -OCH3 is 1. The lowest BCUT2D eigenvalue weighted by atomic mass is 10.1. The second-order valence-electron chi connectivity index (χ2n) is 3.55. The molecule has 6 heteroatoms. The van der Waals surface area contributed by atoms with Crippen LogP contribution in [-0.2, 0) is 9.47 Å². The molecule has 1 aromatic rings. The molecule has 0 saturated carbocycles. The Labute approximate surface area is 97.8 Å². The van der Waals surface area contributed by atoms with Crippen molar-refractivity contribution >= 4 is 22.4 Å². The highest BCUT2D eigenvalue weighted by atomic mass is 32.1.